The Hall–Kier alpha value is -3.46. The van der Waals surface area contributed by atoms with E-state index >= 15 is 0 Å². The van der Waals surface area contributed by atoms with E-state index in [0.29, 0.717) is 42.8 Å². The molecule has 0 fully saturated rings. The molecular weight excluding hydrogens is 560 g/mol. The Kier molecular flexibility index (Phi) is 14.1. The molecule has 1 unspecified atom stereocenters. The van der Waals surface area contributed by atoms with Gasteiger partial charge < -0.3 is 20.7 Å². The molecule has 0 aliphatic rings. The van der Waals surface area contributed by atoms with Crippen LogP contribution in [0.1, 0.15) is 83.5 Å². The second kappa shape index (κ2) is 17.7. The number of aryl methyl sites for hydroxylation is 2. The average Bonchev–Trinajstić information content (AvgIpc) is 3.01. The summed E-state index contributed by atoms with van der Waals surface area (Å²) in [6.07, 6.45) is 3.48. The lowest BCUT2D eigenvalue weighted by molar-refractivity contribution is 0.0755. The van der Waals surface area contributed by atoms with Crippen LogP contribution in [0.5, 0.6) is 0 Å². The number of rotatable bonds is 18. The number of nitrogens with two attached hydrogens (primary N) is 1. The van der Waals surface area contributed by atoms with Crippen LogP contribution in [0.3, 0.4) is 0 Å². The summed E-state index contributed by atoms with van der Waals surface area (Å²) < 4.78 is 33.9. The minimum absolute atomic E-state index is 0.0663. The Morgan fingerprint density at radius 3 is 2.09 bits per heavy atom. The lowest BCUT2D eigenvalue weighted by Crippen LogP contribution is -2.50. The SMILES string of the molecule is CCCN(CCC)C(=O)c1cc(CC)cc(C(=O)CN[C@@H](Cc2cc(F)cc(F)c2)C(N)COCc2cccc(CC)c2)c1. The van der Waals surface area contributed by atoms with Crippen LogP contribution in [0.4, 0.5) is 8.78 Å². The van der Waals surface area contributed by atoms with Crippen molar-refractivity contribution < 1.29 is 23.1 Å². The standard InChI is InChI=1S/C36H47F2N3O3/c1-5-12-41(13-6-2)36(43)30-16-26(8-4)15-29(20-30)35(42)22-40-34(19-28-17-31(37)21-32(38)18-28)33(39)24-44-23-27-11-9-10-25(7-3)14-27/h9-11,14-18,20-21,33-34,40H,5-8,12-13,19,22-24,39H2,1-4H3/t33?,34-/m0/s1. The number of Topliss-reactive ketones (excluding diaryl/α,β-unsaturated/α-hetero) is 1. The molecule has 0 aliphatic heterocycles. The molecule has 2 atom stereocenters. The third kappa shape index (κ3) is 10.6. The topological polar surface area (TPSA) is 84.7 Å². The van der Waals surface area contributed by atoms with Crippen LogP contribution in [-0.2, 0) is 30.6 Å². The van der Waals surface area contributed by atoms with Gasteiger partial charge in [0.25, 0.3) is 5.91 Å². The van der Waals surface area contributed by atoms with E-state index in [9.17, 15) is 18.4 Å². The highest BCUT2D eigenvalue weighted by molar-refractivity contribution is 6.01. The van der Waals surface area contributed by atoms with Crippen LogP contribution >= 0.6 is 0 Å². The summed E-state index contributed by atoms with van der Waals surface area (Å²) in [5, 5.41) is 3.23. The van der Waals surface area contributed by atoms with Crippen LogP contribution in [0.25, 0.3) is 0 Å². The Labute approximate surface area is 261 Å². The maximum absolute atomic E-state index is 14.0. The molecule has 0 aromatic heterocycles. The molecule has 3 rings (SSSR count). The number of nitrogens with zero attached hydrogens (tertiary/aromatic N) is 1. The molecule has 238 valence electrons. The Bertz CT molecular complexity index is 1350. The largest absolute Gasteiger partial charge is 0.375 e. The number of carbonyl (C=O) groups is 2. The van der Waals surface area contributed by atoms with E-state index in [-0.39, 0.29) is 31.3 Å². The van der Waals surface area contributed by atoms with Crippen molar-refractivity contribution in [1.29, 1.82) is 0 Å². The zero-order valence-electron chi connectivity index (χ0n) is 26.5. The predicted octanol–water partition coefficient (Wildman–Crippen LogP) is 6.28. The molecule has 0 bridgehead atoms. The number of ketones is 1. The van der Waals surface area contributed by atoms with Crippen LogP contribution in [0, 0.1) is 11.6 Å². The van der Waals surface area contributed by atoms with Gasteiger partial charge in [0, 0.05) is 42.4 Å². The van der Waals surface area contributed by atoms with Gasteiger partial charge in [0.05, 0.1) is 19.8 Å². The van der Waals surface area contributed by atoms with Gasteiger partial charge in [-0.1, -0.05) is 52.0 Å². The lowest BCUT2D eigenvalue weighted by atomic mass is 9.98. The second-order valence-electron chi connectivity index (χ2n) is 11.3. The van der Waals surface area contributed by atoms with Crippen molar-refractivity contribution in [3.05, 3.63) is 106 Å². The maximum atomic E-state index is 14.0. The maximum Gasteiger partial charge on any atom is 0.253 e. The summed E-state index contributed by atoms with van der Waals surface area (Å²) >= 11 is 0. The first-order valence-electron chi connectivity index (χ1n) is 15.7. The van der Waals surface area contributed by atoms with Gasteiger partial charge in [0.2, 0.25) is 0 Å². The molecule has 0 aliphatic carbocycles. The highest BCUT2D eigenvalue weighted by atomic mass is 19.1. The third-order valence-corrected chi connectivity index (χ3v) is 7.64. The molecule has 6 nitrogen and oxygen atoms in total. The first-order valence-corrected chi connectivity index (χ1v) is 15.7. The van der Waals surface area contributed by atoms with Gasteiger partial charge in [-0.25, -0.2) is 8.78 Å². The number of nitrogens with one attached hydrogen (secondary N) is 1. The van der Waals surface area contributed by atoms with Crippen molar-refractivity contribution in [2.24, 2.45) is 5.73 Å². The number of amides is 1. The van der Waals surface area contributed by atoms with E-state index in [1.165, 1.54) is 17.7 Å². The van der Waals surface area contributed by atoms with E-state index in [4.69, 9.17) is 10.5 Å². The number of carbonyl (C=O) groups excluding carboxylic acids is 2. The van der Waals surface area contributed by atoms with Crippen molar-refractivity contribution in [3.8, 4) is 0 Å². The quantitative estimate of drug-likeness (QED) is 0.166. The van der Waals surface area contributed by atoms with Crippen molar-refractivity contribution in [2.75, 3.05) is 26.2 Å². The lowest BCUT2D eigenvalue weighted by Gasteiger charge is -2.25. The summed E-state index contributed by atoms with van der Waals surface area (Å²) in [6.45, 7) is 9.93. The molecular formula is C36H47F2N3O3. The van der Waals surface area contributed by atoms with Crippen LogP contribution in [0.2, 0.25) is 0 Å². The molecule has 0 spiro atoms. The molecule has 3 N–H and O–H groups in total. The first kappa shape index (κ1) is 35.0. The summed E-state index contributed by atoms with van der Waals surface area (Å²) in [4.78, 5) is 28.6. The molecule has 3 aromatic rings. The van der Waals surface area contributed by atoms with E-state index in [1.807, 2.05) is 49.9 Å². The van der Waals surface area contributed by atoms with Gasteiger partial charge in [-0.2, -0.15) is 0 Å². The second-order valence-corrected chi connectivity index (χ2v) is 11.3. The van der Waals surface area contributed by atoms with Gasteiger partial charge in [-0.3, -0.25) is 9.59 Å². The molecule has 0 radical (unpaired) electrons. The highest BCUT2D eigenvalue weighted by Crippen LogP contribution is 2.17. The Morgan fingerprint density at radius 1 is 0.818 bits per heavy atom. The molecule has 44 heavy (non-hydrogen) atoms. The zero-order valence-corrected chi connectivity index (χ0v) is 26.5. The summed E-state index contributed by atoms with van der Waals surface area (Å²) in [5.41, 5.74) is 11.0. The van der Waals surface area contributed by atoms with Crippen LogP contribution in [0.15, 0.2) is 60.7 Å². The Balaban J connectivity index is 1.76. The summed E-state index contributed by atoms with van der Waals surface area (Å²) in [6, 6.07) is 15.7. The van der Waals surface area contributed by atoms with Crippen molar-refractivity contribution >= 4 is 11.7 Å². The Morgan fingerprint density at radius 2 is 1.45 bits per heavy atom. The predicted molar refractivity (Wildman–Crippen MR) is 172 cm³/mol. The fourth-order valence-electron chi connectivity index (χ4n) is 5.27. The molecule has 8 heteroatoms. The minimum Gasteiger partial charge on any atom is -0.375 e. The highest BCUT2D eigenvalue weighted by Gasteiger charge is 2.22. The normalized spacial score (nSPS) is 12.6. The van der Waals surface area contributed by atoms with E-state index < -0.39 is 23.7 Å². The molecule has 0 heterocycles. The number of hydrogen-bond acceptors (Lipinski definition) is 5. The molecule has 3 aromatic carbocycles. The average molecular weight is 608 g/mol. The number of benzene rings is 3. The first-order chi connectivity index (χ1) is 21.2. The summed E-state index contributed by atoms with van der Waals surface area (Å²) in [5.74, 6) is -1.64. The van der Waals surface area contributed by atoms with Gasteiger partial charge in [-0.05, 0) is 84.7 Å². The van der Waals surface area contributed by atoms with Gasteiger partial charge in [0.1, 0.15) is 11.6 Å². The van der Waals surface area contributed by atoms with Gasteiger partial charge in [-0.15, -0.1) is 0 Å². The fourth-order valence-corrected chi connectivity index (χ4v) is 5.27. The van der Waals surface area contributed by atoms with Crippen molar-refractivity contribution in [1.82, 2.24) is 10.2 Å². The minimum atomic E-state index is -0.677. The number of halogens is 2. The fraction of sp³-hybridized carbons (Fsp3) is 0.444. The van der Waals surface area contributed by atoms with Crippen molar-refractivity contribution in [2.45, 2.75) is 78.5 Å². The molecule has 0 saturated carbocycles. The molecule has 1 amide bonds. The third-order valence-electron chi connectivity index (χ3n) is 7.64. The van der Waals surface area contributed by atoms with Gasteiger partial charge in [0.15, 0.2) is 5.78 Å². The van der Waals surface area contributed by atoms with Gasteiger partial charge >= 0.3 is 0 Å². The van der Waals surface area contributed by atoms with E-state index in [1.54, 1.807) is 6.07 Å². The van der Waals surface area contributed by atoms with Crippen molar-refractivity contribution in [3.63, 3.8) is 0 Å². The molecule has 0 saturated heterocycles. The number of hydrogen-bond donors (Lipinski definition) is 2. The monoisotopic (exact) mass is 607 g/mol. The zero-order chi connectivity index (χ0) is 32.1. The number of ether oxygens (including phenoxy) is 1. The van der Waals surface area contributed by atoms with E-state index in [2.05, 4.69) is 24.4 Å². The smallest absolute Gasteiger partial charge is 0.253 e. The van der Waals surface area contributed by atoms with Crippen LogP contribution in [-0.4, -0.2) is 54.9 Å². The summed E-state index contributed by atoms with van der Waals surface area (Å²) in [7, 11) is 0. The van der Waals surface area contributed by atoms with E-state index in [0.717, 1.165) is 36.5 Å². The van der Waals surface area contributed by atoms with Crippen LogP contribution < -0.4 is 11.1 Å².